The van der Waals surface area contributed by atoms with Crippen molar-refractivity contribution in [2.45, 2.75) is 26.8 Å². The Morgan fingerprint density at radius 1 is 1.42 bits per heavy atom. The van der Waals surface area contributed by atoms with E-state index in [-0.39, 0.29) is 12.4 Å². The number of nitrogens with two attached hydrogens (primary N) is 1. The molecule has 1 saturated heterocycles. The van der Waals surface area contributed by atoms with E-state index in [1.807, 2.05) is 0 Å². The van der Waals surface area contributed by atoms with E-state index in [9.17, 15) is 0 Å². The second kappa shape index (κ2) is 6.60. The third kappa shape index (κ3) is 3.85. The van der Waals surface area contributed by atoms with Crippen molar-refractivity contribution in [3.05, 3.63) is 29.3 Å². The van der Waals surface area contributed by atoms with Crippen molar-refractivity contribution in [2.24, 2.45) is 11.1 Å². The van der Waals surface area contributed by atoms with Gasteiger partial charge in [0, 0.05) is 13.1 Å². The molecule has 1 aromatic rings. The predicted octanol–water partition coefficient (Wildman–Crippen LogP) is 2.60. The number of ether oxygens (including phenoxy) is 1. The molecule has 108 valence electrons. The van der Waals surface area contributed by atoms with E-state index in [0.717, 1.165) is 31.9 Å². The molecular weight excluding hydrogens is 260 g/mol. The minimum Gasteiger partial charge on any atom is -0.496 e. The zero-order valence-corrected chi connectivity index (χ0v) is 12.9. The maximum atomic E-state index is 5.84. The molecule has 1 aliphatic rings. The van der Waals surface area contributed by atoms with Gasteiger partial charge in [-0.2, -0.15) is 0 Å². The summed E-state index contributed by atoms with van der Waals surface area (Å²) in [5.41, 5.74) is 8.65. The van der Waals surface area contributed by atoms with Crippen molar-refractivity contribution in [1.82, 2.24) is 4.90 Å². The van der Waals surface area contributed by atoms with Crippen LogP contribution in [0.15, 0.2) is 18.2 Å². The van der Waals surface area contributed by atoms with Gasteiger partial charge in [0.2, 0.25) is 0 Å². The molecule has 1 heterocycles. The summed E-state index contributed by atoms with van der Waals surface area (Å²) < 4.78 is 5.37. The van der Waals surface area contributed by atoms with E-state index in [4.69, 9.17) is 10.5 Å². The van der Waals surface area contributed by atoms with Gasteiger partial charge in [-0.1, -0.05) is 19.1 Å². The number of aryl methyl sites for hydroxylation is 1. The highest BCUT2D eigenvalue weighted by Crippen LogP contribution is 2.30. The second-order valence-electron chi connectivity index (χ2n) is 5.78. The molecule has 1 fully saturated rings. The van der Waals surface area contributed by atoms with Crippen molar-refractivity contribution in [2.75, 3.05) is 26.7 Å². The van der Waals surface area contributed by atoms with Crippen LogP contribution in [0.25, 0.3) is 0 Å². The summed E-state index contributed by atoms with van der Waals surface area (Å²) in [6, 6.07) is 6.47. The molecule has 0 spiro atoms. The van der Waals surface area contributed by atoms with Gasteiger partial charge in [0.1, 0.15) is 5.75 Å². The number of benzene rings is 1. The molecule has 4 heteroatoms. The fourth-order valence-electron chi connectivity index (χ4n) is 2.65. The van der Waals surface area contributed by atoms with E-state index in [1.165, 1.54) is 17.5 Å². The Hall–Kier alpha value is -0.770. The van der Waals surface area contributed by atoms with Gasteiger partial charge < -0.3 is 10.5 Å². The van der Waals surface area contributed by atoms with E-state index in [1.54, 1.807) is 7.11 Å². The fourth-order valence-corrected chi connectivity index (χ4v) is 2.65. The molecule has 0 radical (unpaired) electrons. The smallest absolute Gasteiger partial charge is 0.122 e. The summed E-state index contributed by atoms with van der Waals surface area (Å²) in [6.07, 6.45) is 1.20. The lowest BCUT2D eigenvalue weighted by Crippen LogP contribution is -2.31. The normalized spacial score (nSPS) is 23.2. The zero-order valence-electron chi connectivity index (χ0n) is 12.1. The molecule has 1 aliphatic heterocycles. The molecule has 0 bridgehead atoms. The molecule has 19 heavy (non-hydrogen) atoms. The largest absolute Gasteiger partial charge is 0.496 e. The topological polar surface area (TPSA) is 38.5 Å². The number of methoxy groups -OCH3 is 1. The van der Waals surface area contributed by atoms with Crippen molar-refractivity contribution in [3.8, 4) is 5.75 Å². The van der Waals surface area contributed by atoms with Gasteiger partial charge in [-0.3, -0.25) is 4.90 Å². The van der Waals surface area contributed by atoms with Crippen LogP contribution in [0, 0.1) is 12.3 Å². The maximum absolute atomic E-state index is 5.84. The van der Waals surface area contributed by atoms with Crippen molar-refractivity contribution >= 4 is 12.4 Å². The van der Waals surface area contributed by atoms with Gasteiger partial charge >= 0.3 is 0 Å². The number of hydrogen-bond donors (Lipinski definition) is 1. The highest BCUT2D eigenvalue weighted by molar-refractivity contribution is 5.85. The van der Waals surface area contributed by atoms with Crippen LogP contribution >= 0.6 is 12.4 Å². The summed E-state index contributed by atoms with van der Waals surface area (Å²) in [5, 5.41) is 0. The van der Waals surface area contributed by atoms with Crippen LogP contribution in [0.4, 0.5) is 0 Å². The van der Waals surface area contributed by atoms with Gasteiger partial charge in [-0.15, -0.1) is 12.4 Å². The first kappa shape index (κ1) is 16.3. The zero-order chi connectivity index (χ0) is 13.2. The molecule has 0 aliphatic carbocycles. The standard InChI is InChI=1S/C15H24N2O.ClH/c1-12-4-5-13(8-14(12)18-3)9-17-7-6-15(2,10-16)11-17;/h4-5,8H,6-7,9-11,16H2,1-3H3;1H. The monoisotopic (exact) mass is 284 g/mol. The third-order valence-electron chi connectivity index (χ3n) is 4.01. The molecule has 0 aromatic heterocycles. The second-order valence-corrected chi connectivity index (χ2v) is 5.78. The lowest BCUT2D eigenvalue weighted by atomic mass is 9.90. The Morgan fingerprint density at radius 3 is 2.74 bits per heavy atom. The molecule has 2 rings (SSSR count). The SMILES string of the molecule is COc1cc(CN2CCC(C)(CN)C2)ccc1C.Cl. The Balaban J connectivity index is 0.00000180. The number of hydrogen-bond acceptors (Lipinski definition) is 3. The molecule has 2 N–H and O–H groups in total. The summed E-state index contributed by atoms with van der Waals surface area (Å²) in [5.74, 6) is 0.980. The van der Waals surface area contributed by atoms with Gasteiger partial charge in [0.25, 0.3) is 0 Å². The van der Waals surface area contributed by atoms with E-state index in [2.05, 4.69) is 36.9 Å². The molecule has 1 aromatic carbocycles. The van der Waals surface area contributed by atoms with Crippen LogP contribution in [0.1, 0.15) is 24.5 Å². The Labute approximate surface area is 122 Å². The minimum absolute atomic E-state index is 0. The van der Waals surface area contributed by atoms with Gasteiger partial charge in [-0.25, -0.2) is 0 Å². The molecule has 0 amide bonds. The van der Waals surface area contributed by atoms with Crippen molar-refractivity contribution in [1.29, 1.82) is 0 Å². The van der Waals surface area contributed by atoms with Crippen LogP contribution in [-0.2, 0) is 6.54 Å². The first-order valence-electron chi connectivity index (χ1n) is 6.62. The average Bonchev–Trinajstić information content (AvgIpc) is 2.74. The van der Waals surface area contributed by atoms with Gasteiger partial charge in [-0.05, 0) is 49.0 Å². The summed E-state index contributed by atoms with van der Waals surface area (Å²) >= 11 is 0. The molecule has 1 atom stereocenters. The van der Waals surface area contributed by atoms with Crippen molar-refractivity contribution in [3.63, 3.8) is 0 Å². The molecule has 1 unspecified atom stereocenters. The van der Waals surface area contributed by atoms with Crippen LogP contribution < -0.4 is 10.5 Å². The third-order valence-corrected chi connectivity index (χ3v) is 4.01. The molecular formula is C15H25ClN2O. The lowest BCUT2D eigenvalue weighted by Gasteiger charge is -2.22. The minimum atomic E-state index is 0. The number of nitrogens with zero attached hydrogens (tertiary/aromatic N) is 1. The van der Waals surface area contributed by atoms with Gasteiger partial charge in [0.05, 0.1) is 7.11 Å². The summed E-state index contributed by atoms with van der Waals surface area (Å²) in [7, 11) is 1.73. The first-order chi connectivity index (χ1) is 8.56. The predicted molar refractivity (Wildman–Crippen MR) is 82.0 cm³/mol. The van der Waals surface area contributed by atoms with Crippen LogP contribution in [0.3, 0.4) is 0 Å². The fraction of sp³-hybridized carbons (Fsp3) is 0.600. The summed E-state index contributed by atoms with van der Waals surface area (Å²) in [4.78, 5) is 2.48. The lowest BCUT2D eigenvalue weighted by molar-refractivity contribution is 0.274. The van der Waals surface area contributed by atoms with E-state index in [0.29, 0.717) is 5.41 Å². The average molecular weight is 285 g/mol. The molecule has 3 nitrogen and oxygen atoms in total. The van der Waals surface area contributed by atoms with Crippen LogP contribution in [0.2, 0.25) is 0 Å². The van der Waals surface area contributed by atoms with E-state index < -0.39 is 0 Å². The Morgan fingerprint density at radius 2 is 2.16 bits per heavy atom. The van der Waals surface area contributed by atoms with Crippen LogP contribution in [0.5, 0.6) is 5.75 Å². The van der Waals surface area contributed by atoms with E-state index >= 15 is 0 Å². The number of likely N-dealkylation sites (tertiary alicyclic amines) is 1. The van der Waals surface area contributed by atoms with Crippen LogP contribution in [-0.4, -0.2) is 31.6 Å². The molecule has 0 saturated carbocycles. The maximum Gasteiger partial charge on any atom is 0.122 e. The Bertz CT molecular complexity index is 425. The summed E-state index contributed by atoms with van der Waals surface area (Å²) in [6.45, 7) is 8.36. The number of halogens is 1. The Kier molecular flexibility index (Phi) is 5.65. The van der Waals surface area contributed by atoms with Crippen molar-refractivity contribution < 1.29 is 4.74 Å². The highest BCUT2D eigenvalue weighted by Gasteiger charge is 2.32. The van der Waals surface area contributed by atoms with Gasteiger partial charge in [0.15, 0.2) is 0 Å². The number of rotatable bonds is 4. The highest BCUT2D eigenvalue weighted by atomic mass is 35.5. The first-order valence-corrected chi connectivity index (χ1v) is 6.62. The quantitative estimate of drug-likeness (QED) is 0.924.